The number of nitrogens with two attached hydrogens (primary N) is 2. The highest BCUT2D eigenvalue weighted by atomic mass is 14.6. The Morgan fingerprint density at radius 2 is 1.62 bits per heavy atom. The average Bonchev–Trinajstić information content (AvgIpc) is 2.15. The quantitative estimate of drug-likeness (QED) is 0.599. The number of nitrogen functional groups attached to an aromatic ring is 2. The van der Waals surface area contributed by atoms with Crippen molar-refractivity contribution in [2.75, 3.05) is 11.5 Å². The van der Waals surface area contributed by atoms with Gasteiger partial charge in [-0.05, 0) is 18.6 Å². The maximum absolute atomic E-state index is 5.93. The van der Waals surface area contributed by atoms with Crippen molar-refractivity contribution in [3.63, 3.8) is 0 Å². The van der Waals surface area contributed by atoms with Crippen molar-refractivity contribution in [2.45, 2.75) is 6.92 Å². The van der Waals surface area contributed by atoms with E-state index in [0.29, 0.717) is 0 Å². The van der Waals surface area contributed by atoms with E-state index in [-0.39, 0.29) is 0 Å². The summed E-state index contributed by atoms with van der Waals surface area (Å²) >= 11 is 0. The summed E-state index contributed by atoms with van der Waals surface area (Å²) in [6.07, 6.45) is 0. The number of rotatable bonds is 0. The number of benzene rings is 2. The molecule has 0 heterocycles. The van der Waals surface area contributed by atoms with Gasteiger partial charge in [0.2, 0.25) is 0 Å². The van der Waals surface area contributed by atoms with Crippen LogP contribution in [0.5, 0.6) is 0 Å². The molecule has 0 aliphatic carbocycles. The van der Waals surface area contributed by atoms with E-state index in [0.717, 1.165) is 27.7 Å². The minimum Gasteiger partial charge on any atom is -0.398 e. The molecular weight excluding hydrogens is 160 g/mol. The molecule has 0 aromatic heterocycles. The Labute approximate surface area is 77.2 Å². The zero-order chi connectivity index (χ0) is 9.42. The van der Waals surface area contributed by atoms with Crippen molar-refractivity contribution in [3.8, 4) is 0 Å². The third-order valence-corrected chi connectivity index (χ3v) is 2.33. The summed E-state index contributed by atoms with van der Waals surface area (Å²) in [4.78, 5) is 0. The van der Waals surface area contributed by atoms with Crippen LogP contribution < -0.4 is 11.5 Å². The number of aryl methyl sites for hydroxylation is 1. The fourth-order valence-corrected chi connectivity index (χ4v) is 1.57. The normalized spacial score (nSPS) is 10.5. The molecule has 4 N–H and O–H groups in total. The van der Waals surface area contributed by atoms with E-state index in [2.05, 4.69) is 0 Å². The molecular formula is C11H12N2. The van der Waals surface area contributed by atoms with Crippen LogP contribution in [0.15, 0.2) is 30.3 Å². The standard InChI is InChI=1S/C11H12N2/c1-7-6-10(12)8-4-2-3-5-9(8)11(7)13/h2-6H,12-13H2,1H3. The molecule has 66 valence electrons. The van der Waals surface area contributed by atoms with Crippen molar-refractivity contribution in [2.24, 2.45) is 0 Å². The smallest absolute Gasteiger partial charge is 0.0424 e. The van der Waals surface area contributed by atoms with Crippen LogP contribution in [0.2, 0.25) is 0 Å². The second kappa shape index (κ2) is 2.66. The van der Waals surface area contributed by atoms with Gasteiger partial charge in [0.25, 0.3) is 0 Å². The van der Waals surface area contributed by atoms with Gasteiger partial charge in [0.15, 0.2) is 0 Å². The molecule has 0 aliphatic rings. The molecule has 2 heteroatoms. The third kappa shape index (κ3) is 1.11. The predicted molar refractivity (Wildman–Crippen MR) is 57.5 cm³/mol. The van der Waals surface area contributed by atoms with Crippen LogP contribution in [0.1, 0.15) is 5.56 Å². The number of anilines is 2. The molecule has 0 bridgehead atoms. The Balaban J connectivity index is 2.97. The molecule has 2 aromatic carbocycles. The van der Waals surface area contributed by atoms with Gasteiger partial charge in [0.05, 0.1) is 0 Å². The molecule has 0 fully saturated rings. The second-order valence-corrected chi connectivity index (χ2v) is 3.24. The second-order valence-electron chi connectivity index (χ2n) is 3.24. The van der Waals surface area contributed by atoms with Crippen LogP contribution in [0.4, 0.5) is 11.4 Å². The van der Waals surface area contributed by atoms with E-state index in [9.17, 15) is 0 Å². The van der Waals surface area contributed by atoms with Gasteiger partial charge in [0, 0.05) is 22.1 Å². The molecule has 13 heavy (non-hydrogen) atoms. The van der Waals surface area contributed by atoms with E-state index in [1.165, 1.54) is 0 Å². The van der Waals surface area contributed by atoms with Gasteiger partial charge in [-0.15, -0.1) is 0 Å². The summed E-state index contributed by atoms with van der Waals surface area (Å²) in [7, 11) is 0. The van der Waals surface area contributed by atoms with Crippen molar-refractivity contribution in [1.82, 2.24) is 0 Å². The molecule has 0 atom stereocenters. The molecule has 0 unspecified atom stereocenters. The summed E-state index contributed by atoms with van der Waals surface area (Å²) in [5.74, 6) is 0. The largest absolute Gasteiger partial charge is 0.398 e. The van der Waals surface area contributed by atoms with Crippen molar-refractivity contribution in [1.29, 1.82) is 0 Å². The third-order valence-electron chi connectivity index (χ3n) is 2.33. The molecule has 2 aromatic rings. The molecule has 0 radical (unpaired) electrons. The lowest BCUT2D eigenvalue weighted by Crippen LogP contribution is -1.95. The predicted octanol–water partition coefficient (Wildman–Crippen LogP) is 2.31. The Morgan fingerprint density at radius 3 is 2.31 bits per heavy atom. The number of hydrogen-bond donors (Lipinski definition) is 2. The Hall–Kier alpha value is -1.70. The van der Waals surface area contributed by atoms with E-state index < -0.39 is 0 Å². The van der Waals surface area contributed by atoms with Gasteiger partial charge in [-0.25, -0.2) is 0 Å². The average molecular weight is 172 g/mol. The summed E-state index contributed by atoms with van der Waals surface area (Å²) in [5, 5.41) is 2.07. The first-order chi connectivity index (χ1) is 6.20. The van der Waals surface area contributed by atoms with E-state index in [1.54, 1.807) is 0 Å². The van der Waals surface area contributed by atoms with Crippen LogP contribution >= 0.6 is 0 Å². The van der Waals surface area contributed by atoms with E-state index >= 15 is 0 Å². The van der Waals surface area contributed by atoms with Gasteiger partial charge in [-0.3, -0.25) is 0 Å². The van der Waals surface area contributed by atoms with Gasteiger partial charge < -0.3 is 11.5 Å². The summed E-state index contributed by atoms with van der Waals surface area (Å²) in [6.45, 7) is 1.97. The fourth-order valence-electron chi connectivity index (χ4n) is 1.57. The minimum atomic E-state index is 0.794. The first-order valence-electron chi connectivity index (χ1n) is 4.23. The lowest BCUT2D eigenvalue weighted by Gasteiger charge is -2.07. The van der Waals surface area contributed by atoms with Gasteiger partial charge in [-0.1, -0.05) is 24.3 Å². The molecule has 2 rings (SSSR count). The van der Waals surface area contributed by atoms with Crippen molar-refractivity contribution in [3.05, 3.63) is 35.9 Å². The van der Waals surface area contributed by atoms with E-state index in [1.807, 2.05) is 37.3 Å². The first-order valence-corrected chi connectivity index (χ1v) is 4.23. The maximum Gasteiger partial charge on any atom is 0.0424 e. The Morgan fingerprint density at radius 1 is 1.00 bits per heavy atom. The van der Waals surface area contributed by atoms with Crippen LogP contribution in [0.25, 0.3) is 10.8 Å². The summed E-state index contributed by atoms with van der Waals surface area (Å²) in [6, 6.07) is 9.83. The topological polar surface area (TPSA) is 52.0 Å². The van der Waals surface area contributed by atoms with Crippen LogP contribution in [0, 0.1) is 6.92 Å². The zero-order valence-electron chi connectivity index (χ0n) is 7.54. The molecule has 0 amide bonds. The Bertz CT molecular complexity index is 461. The summed E-state index contributed by atoms with van der Waals surface area (Å²) < 4.78 is 0. The first kappa shape index (κ1) is 7.92. The van der Waals surface area contributed by atoms with Gasteiger partial charge in [0.1, 0.15) is 0 Å². The minimum absolute atomic E-state index is 0.794. The fraction of sp³-hybridized carbons (Fsp3) is 0.0909. The molecule has 0 saturated carbocycles. The molecule has 0 saturated heterocycles. The zero-order valence-corrected chi connectivity index (χ0v) is 7.54. The lowest BCUT2D eigenvalue weighted by molar-refractivity contribution is 1.50. The molecule has 0 aliphatic heterocycles. The van der Waals surface area contributed by atoms with Crippen LogP contribution in [0.3, 0.4) is 0 Å². The highest BCUT2D eigenvalue weighted by Gasteiger charge is 2.03. The SMILES string of the molecule is Cc1cc(N)c2ccccc2c1N. The van der Waals surface area contributed by atoms with Gasteiger partial charge >= 0.3 is 0 Å². The molecule has 0 spiro atoms. The summed E-state index contributed by atoms with van der Waals surface area (Å²) in [5.41, 5.74) is 14.5. The van der Waals surface area contributed by atoms with Crippen LogP contribution in [-0.2, 0) is 0 Å². The number of hydrogen-bond acceptors (Lipinski definition) is 2. The highest BCUT2D eigenvalue weighted by molar-refractivity contribution is 6.01. The highest BCUT2D eigenvalue weighted by Crippen LogP contribution is 2.29. The lowest BCUT2D eigenvalue weighted by atomic mass is 10.0. The van der Waals surface area contributed by atoms with Crippen molar-refractivity contribution >= 4 is 22.1 Å². The Kier molecular flexibility index (Phi) is 1.62. The molecule has 2 nitrogen and oxygen atoms in total. The maximum atomic E-state index is 5.93. The van der Waals surface area contributed by atoms with Crippen LogP contribution in [-0.4, -0.2) is 0 Å². The monoisotopic (exact) mass is 172 g/mol. The van der Waals surface area contributed by atoms with E-state index in [4.69, 9.17) is 11.5 Å². The van der Waals surface area contributed by atoms with Gasteiger partial charge in [-0.2, -0.15) is 0 Å². The number of fused-ring (bicyclic) bond motifs is 1. The van der Waals surface area contributed by atoms with Crippen molar-refractivity contribution < 1.29 is 0 Å².